The zero-order valence-electron chi connectivity index (χ0n) is 28.6. The lowest BCUT2D eigenvalue weighted by atomic mass is 9.91. The van der Waals surface area contributed by atoms with Crippen molar-refractivity contribution < 1.29 is 4.42 Å². The van der Waals surface area contributed by atoms with Crippen LogP contribution in [0, 0.1) is 0 Å². The molecule has 4 aromatic heterocycles. The molecule has 10 aromatic rings. The van der Waals surface area contributed by atoms with Gasteiger partial charge in [0.25, 0.3) is 0 Å². The van der Waals surface area contributed by atoms with E-state index < -0.39 is 0 Å². The Bertz CT molecular complexity index is 2870. The van der Waals surface area contributed by atoms with E-state index in [2.05, 4.69) is 149 Å². The van der Waals surface area contributed by atoms with E-state index in [1.165, 1.54) is 10.8 Å². The molecule has 0 aliphatic rings. The molecule has 53 heavy (non-hydrogen) atoms. The molecule has 0 aliphatic heterocycles. The smallest absolute Gasteiger partial charge is 0.143 e. The van der Waals surface area contributed by atoms with E-state index in [1.54, 1.807) is 0 Å². The van der Waals surface area contributed by atoms with Crippen LogP contribution in [-0.2, 0) is 0 Å². The van der Waals surface area contributed by atoms with Crippen molar-refractivity contribution in [2.45, 2.75) is 0 Å². The molecule has 0 atom stereocenters. The Morgan fingerprint density at radius 3 is 1.51 bits per heavy atom. The van der Waals surface area contributed by atoms with Gasteiger partial charge in [0.2, 0.25) is 0 Å². The Labute approximate surface area is 306 Å². The maximum atomic E-state index is 7.00. The molecule has 0 radical (unpaired) electrons. The summed E-state index contributed by atoms with van der Waals surface area (Å²) < 4.78 is 7.00. The highest BCUT2D eigenvalue weighted by Crippen LogP contribution is 2.43. The first-order chi connectivity index (χ1) is 26.3. The summed E-state index contributed by atoms with van der Waals surface area (Å²) in [5.74, 6) is 0. The molecule has 0 unspecified atom stereocenters. The predicted octanol–water partition coefficient (Wildman–Crippen LogP) is 12.9. The van der Waals surface area contributed by atoms with Gasteiger partial charge in [-0.3, -0.25) is 9.97 Å². The van der Waals surface area contributed by atoms with Gasteiger partial charge in [-0.25, -0.2) is 4.98 Å². The molecule has 0 N–H and O–H groups in total. The first-order valence-corrected chi connectivity index (χ1v) is 17.7. The molecule has 0 amide bonds. The second-order valence-electron chi connectivity index (χ2n) is 13.3. The van der Waals surface area contributed by atoms with Gasteiger partial charge >= 0.3 is 0 Å². The number of furan rings is 1. The summed E-state index contributed by atoms with van der Waals surface area (Å²) in [5.41, 5.74) is 14.3. The van der Waals surface area contributed by atoms with Gasteiger partial charge in [-0.15, -0.1) is 0 Å². The average Bonchev–Trinajstić information content (AvgIpc) is 3.63. The highest BCUT2D eigenvalue weighted by Gasteiger charge is 2.18. The minimum Gasteiger partial charge on any atom is -0.455 e. The summed E-state index contributed by atoms with van der Waals surface area (Å²) in [7, 11) is 0. The molecular weight excluding hydrogens is 647 g/mol. The third kappa shape index (κ3) is 5.54. The van der Waals surface area contributed by atoms with Crippen LogP contribution in [0.1, 0.15) is 0 Å². The molecule has 6 aromatic carbocycles. The zero-order chi connectivity index (χ0) is 35.1. The van der Waals surface area contributed by atoms with Gasteiger partial charge in [0.15, 0.2) is 0 Å². The van der Waals surface area contributed by atoms with Crippen molar-refractivity contribution in [3.63, 3.8) is 0 Å². The van der Waals surface area contributed by atoms with Crippen LogP contribution in [0.15, 0.2) is 193 Å². The van der Waals surface area contributed by atoms with Gasteiger partial charge in [0.05, 0.1) is 11.4 Å². The SMILES string of the molecule is c1ccc(-c2cc(-c3cc(-c4ccncc4)nc(-c4ccncc4)c3)cc(-c3cccc4c3oc3c(-c5cccc6ccccc56)cccc34)c2)cc1. The molecule has 4 nitrogen and oxygen atoms in total. The molecule has 0 saturated carbocycles. The fraction of sp³-hybridized carbons (Fsp3) is 0. The minimum atomic E-state index is 0.871. The third-order valence-electron chi connectivity index (χ3n) is 10.1. The Hall–Kier alpha value is -7.17. The van der Waals surface area contributed by atoms with Gasteiger partial charge in [-0.05, 0) is 98.8 Å². The third-order valence-corrected chi connectivity index (χ3v) is 10.1. The lowest BCUT2D eigenvalue weighted by Gasteiger charge is -2.14. The number of hydrogen-bond donors (Lipinski definition) is 0. The molecule has 0 spiro atoms. The van der Waals surface area contributed by atoms with Gasteiger partial charge in [0.1, 0.15) is 11.2 Å². The summed E-state index contributed by atoms with van der Waals surface area (Å²) >= 11 is 0. The number of rotatable bonds is 6. The van der Waals surface area contributed by atoms with E-state index in [9.17, 15) is 0 Å². The zero-order valence-corrected chi connectivity index (χ0v) is 28.6. The predicted molar refractivity (Wildman–Crippen MR) is 217 cm³/mol. The van der Waals surface area contributed by atoms with Crippen LogP contribution in [0.3, 0.4) is 0 Å². The molecule has 4 heteroatoms. The minimum absolute atomic E-state index is 0.871. The number of fused-ring (bicyclic) bond motifs is 4. The van der Waals surface area contributed by atoms with Crippen LogP contribution in [0.4, 0.5) is 0 Å². The van der Waals surface area contributed by atoms with Crippen LogP contribution >= 0.6 is 0 Å². The molecule has 0 fully saturated rings. The van der Waals surface area contributed by atoms with Crippen molar-refractivity contribution in [1.82, 2.24) is 15.0 Å². The van der Waals surface area contributed by atoms with Crippen LogP contribution < -0.4 is 0 Å². The van der Waals surface area contributed by atoms with Crippen molar-refractivity contribution in [1.29, 1.82) is 0 Å². The Morgan fingerprint density at radius 2 is 0.811 bits per heavy atom. The van der Waals surface area contributed by atoms with E-state index in [-0.39, 0.29) is 0 Å². The van der Waals surface area contributed by atoms with E-state index in [0.29, 0.717) is 0 Å². The van der Waals surface area contributed by atoms with Crippen molar-refractivity contribution in [3.05, 3.63) is 189 Å². The maximum Gasteiger partial charge on any atom is 0.143 e. The van der Waals surface area contributed by atoms with Crippen LogP contribution in [0.25, 0.3) is 99.7 Å². The van der Waals surface area contributed by atoms with Gasteiger partial charge in [-0.2, -0.15) is 0 Å². The monoisotopic (exact) mass is 677 g/mol. The lowest BCUT2D eigenvalue weighted by Crippen LogP contribution is -1.93. The lowest BCUT2D eigenvalue weighted by molar-refractivity contribution is 0.671. The van der Waals surface area contributed by atoms with Crippen molar-refractivity contribution in [2.75, 3.05) is 0 Å². The Kier molecular flexibility index (Phi) is 7.43. The molecule has 248 valence electrons. The Balaban J connectivity index is 1.20. The average molecular weight is 678 g/mol. The van der Waals surface area contributed by atoms with Gasteiger partial charge in [-0.1, -0.05) is 109 Å². The molecule has 0 bridgehead atoms. The quantitative estimate of drug-likeness (QED) is 0.176. The standard InChI is InChI=1S/C49H31N3O/c1-2-9-32(10-3-1)36-27-37(38-30-46(34-19-23-50-24-20-34)52-47(31-38)35-21-25-51-26-22-35)29-39(28-36)41-14-7-17-44-45-18-8-16-43(49(45)53-48(41)44)42-15-6-12-33-11-4-5-13-40(33)42/h1-31H. The van der Waals surface area contributed by atoms with E-state index in [4.69, 9.17) is 9.40 Å². The maximum absolute atomic E-state index is 7.00. The summed E-state index contributed by atoms with van der Waals surface area (Å²) in [6, 6.07) is 57.7. The highest BCUT2D eigenvalue weighted by atomic mass is 16.3. The topological polar surface area (TPSA) is 51.8 Å². The number of pyridine rings is 3. The van der Waals surface area contributed by atoms with E-state index in [0.717, 1.165) is 89.0 Å². The fourth-order valence-corrected chi connectivity index (χ4v) is 7.51. The van der Waals surface area contributed by atoms with Crippen molar-refractivity contribution in [2.24, 2.45) is 0 Å². The summed E-state index contributed by atoms with van der Waals surface area (Å²) in [6.45, 7) is 0. The number of aromatic nitrogens is 3. The van der Waals surface area contributed by atoms with Crippen molar-refractivity contribution in [3.8, 4) is 67.0 Å². The van der Waals surface area contributed by atoms with Gasteiger partial charge < -0.3 is 4.42 Å². The summed E-state index contributed by atoms with van der Waals surface area (Å²) in [6.07, 6.45) is 7.24. The molecular formula is C49H31N3O. The second kappa shape index (κ2) is 12.9. The molecule has 4 heterocycles. The molecule has 0 aliphatic carbocycles. The Morgan fingerprint density at radius 1 is 0.321 bits per heavy atom. The molecule has 0 saturated heterocycles. The van der Waals surface area contributed by atoms with E-state index >= 15 is 0 Å². The number of hydrogen-bond acceptors (Lipinski definition) is 4. The number of para-hydroxylation sites is 2. The first kappa shape index (κ1) is 30.6. The van der Waals surface area contributed by atoms with E-state index in [1.807, 2.05) is 49.1 Å². The fourth-order valence-electron chi connectivity index (χ4n) is 7.51. The van der Waals surface area contributed by atoms with Crippen molar-refractivity contribution >= 4 is 32.7 Å². The molecule has 10 rings (SSSR count). The normalized spacial score (nSPS) is 11.4. The highest BCUT2D eigenvalue weighted by molar-refractivity contribution is 6.15. The van der Waals surface area contributed by atoms with Crippen LogP contribution in [0.5, 0.6) is 0 Å². The van der Waals surface area contributed by atoms with Crippen LogP contribution in [0.2, 0.25) is 0 Å². The summed E-state index contributed by atoms with van der Waals surface area (Å²) in [5, 5.41) is 4.61. The van der Waals surface area contributed by atoms with Crippen LogP contribution in [-0.4, -0.2) is 15.0 Å². The largest absolute Gasteiger partial charge is 0.455 e. The second-order valence-corrected chi connectivity index (χ2v) is 13.3. The van der Waals surface area contributed by atoms with Gasteiger partial charge in [0, 0.05) is 57.8 Å². The first-order valence-electron chi connectivity index (χ1n) is 17.7. The summed E-state index contributed by atoms with van der Waals surface area (Å²) in [4.78, 5) is 13.6. The number of benzene rings is 6. The number of nitrogens with zero attached hydrogens (tertiary/aromatic N) is 3.